The summed E-state index contributed by atoms with van der Waals surface area (Å²) in [4.78, 5) is 0. The average Bonchev–Trinajstić information content (AvgIpc) is 2.09. The minimum absolute atomic E-state index is 1.38. The summed E-state index contributed by atoms with van der Waals surface area (Å²) in [6, 6.07) is 0. The van der Waals surface area contributed by atoms with Gasteiger partial charge in [-0.2, -0.15) is 17.6 Å². The van der Waals surface area contributed by atoms with Gasteiger partial charge in [-0.3, -0.25) is 0 Å². The van der Waals surface area contributed by atoms with Gasteiger partial charge in [0.25, 0.3) is 0 Å². The van der Waals surface area contributed by atoms with E-state index < -0.39 is 36.9 Å². The smallest absolute Gasteiger partial charge is 0.343 e. The predicted octanol–water partition coefficient (Wildman–Crippen LogP) is -0.673. The van der Waals surface area contributed by atoms with Crippen LogP contribution in [0.25, 0.3) is 0 Å². The lowest BCUT2D eigenvalue weighted by Crippen LogP contribution is -2.66. The van der Waals surface area contributed by atoms with Crippen molar-refractivity contribution in [2.24, 2.45) is 0 Å². The lowest BCUT2D eigenvalue weighted by molar-refractivity contribution is -0.387. The maximum absolute atomic E-state index is 12.8. The molecule has 1 rings (SSSR count). The molecule has 0 aromatic rings. The van der Waals surface area contributed by atoms with E-state index in [-0.39, 0.29) is 0 Å². The molecule has 0 radical (unpaired) electrons. The molecule has 0 saturated carbocycles. The molecule has 0 aliphatic carbocycles. The highest BCUT2D eigenvalue weighted by atomic mass is 19.3. The van der Waals surface area contributed by atoms with Crippen LogP contribution < -0.4 is 0 Å². The molecule has 1 unspecified atom stereocenters. The number of halogens is 4. The van der Waals surface area contributed by atoms with Crippen molar-refractivity contribution in [2.75, 3.05) is 6.61 Å². The third-order valence-corrected chi connectivity index (χ3v) is 1.96. The summed E-state index contributed by atoms with van der Waals surface area (Å²) in [5.74, 6) is -9.56. The minimum atomic E-state index is -4.84. The highest BCUT2D eigenvalue weighted by molar-refractivity contribution is 5.00. The molecule has 0 bridgehead atoms. The van der Waals surface area contributed by atoms with Crippen molar-refractivity contribution in [3.8, 4) is 0 Å². The Hall–Kier alpha value is -0.440. The molecule has 0 aromatic heterocycles. The Bertz CT molecular complexity index is 216. The van der Waals surface area contributed by atoms with Crippen molar-refractivity contribution >= 4 is 0 Å². The summed E-state index contributed by atoms with van der Waals surface area (Å²) in [7, 11) is 0. The summed E-state index contributed by atoms with van der Waals surface area (Å²) in [5, 5.41) is 25.5. The largest absolute Gasteiger partial charge is 0.393 e. The maximum atomic E-state index is 12.8. The van der Waals surface area contributed by atoms with E-state index in [9.17, 15) is 17.6 Å². The van der Waals surface area contributed by atoms with Gasteiger partial charge in [-0.25, -0.2) is 0 Å². The molecule has 1 aliphatic heterocycles. The standard InChI is InChI=1S/C6H8F4O4/c7-5(8)2(1-11)14-4(13)3(12)6(5,9)10/h2-4,11-13H,1H2/t2-,3+,4?/m1/s1. The first-order valence-corrected chi connectivity index (χ1v) is 3.63. The quantitative estimate of drug-likeness (QED) is 0.512. The van der Waals surface area contributed by atoms with Crippen molar-refractivity contribution in [2.45, 2.75) is 30.3 Å². The number of ether oxygens (including phenoxy) is 1. The SMILES string of the molecule is OC[C@H]1OC(O)[C@H](O)C(F)(F)C1(F)F. The molecule has 84 valence electrons. The summed E-state index contributed by atoms with van der Waals surface area (Å²) in [6.45, 7) is -1.38. The topological polar surface area (TPSA) is 69.9 Å². The molecule has 3 N–H and O–H groups in total. The van der Waals surface area contributed by atoms with E-state index >= 15 is 0 Å². The lowest BCUT2D eigenvalue weighted by Gasteiger charge is -2.41. The van der Waals surface area contributed by atoms with E-state index in [1.165, 1.54) is 0 Å². The zero-order valence-electron chi connectivity index (χ0n) is 6.70. The van der Waals surface area contributed by atoms with Gasteiger partial charge in [0, 0.05) is 0 Å². The highest BCUT2D eigenvalue weighted by Gasteiger charge is 2.70. The zero-order valence-corrected chi connectivity index (χ0v) is 6.70. The van der Waals surface area contributed by atoms with Gasteiger partial charge < -0.3 is 20.1 Å². The van der Waals surface area contributed by atoms with E-state index in [0.717, 1.165) is 0 Å². The summed E-state index contributed by atoms with van der Waals surface area (Å²) in [5.41, 5.74) is 0. The third-order valence-electron chi connectivity index (χ3n) is 1.96. The van der Waals surface area contributed by atoms with Crippen LogP contribution in [0.3, 0.4) is 0 Å². The molecule has 0 spiro atoms. The van der Waals surface area contributed by atoms with Gasteiger partial charge in [-0.1, -0.05) is 0 Å². The first kappa shape index (κ1) is 11.6. The Morgan fingerprint density at radius 1 is 1.07 bits per heavy atom. The van der Waals surface area contributed by atoms with Crippen LogP contribution in [0.4, 0.5) is 17.6 Å². The Morgan fingerprint density at radius 3 is 2.00 bits per heavy atom. The molecule has 1 aliphatic rings. The number of aliphatic hydroxyl groups is 3. The van der Waals surface area contributed by atoms with Gasteiger partial charge in [0.15, 0.2) is 18.5 Å². The second kappa shape index (κ2) is 3.30. The fraction of sp³-hybridized carbons (Fsp3) is 1.00. The van der Waals surface area contributed by atoms with E-state index in [0.29, 0.717) is 0 Å². The van der Waals surface area contributed by atoms with Crippen LogP contribution in [0.15, 0.2) is 0 Å². The maximum Gasteiger partial charge on any atom is 0.343 e. The predicted molar refractivity (Wildman–Crippen MR) is 33.9 cm³/mol. The van der Waals surface area contributed by atoms with Gasteiger partial charge in [0.2, 0.25) is 0 Å². The second-order valence-electron chi connectivity index (χ2n) is 2.89. The average molecular weight is 220 g/mol. The van der Waals surface area contributed by atoms with E-state index in [2.05, 4.69) is 4.74 Å². The number of alkyl halides is 4. The van der Waals surface area contributed by atoms with Gasteiger partial charge in [0.05, 0.1) is 6.61 Å². The van der Waals surface area contributed by atoms with E-state index in [1.807, 2.05) is 0 Å². The Kier molecular flexibility index (Phi) is 2.74. The molecule has 0 amide bonds. The molecule has 0 aromatic carbocycles. The molecule has 1 saturated heterocycles. The molecule has 14 heavy (non-hydrogen) atoms. The summed E-state index contributed by atoms with van der Waals surface area (Å²) >= 11 is 0. The molecule has 3 atom stereocenters. The van der Waals surface area contributed by atoms with Gasteiger partial charge in [-0.15, -0.1) is 0 Å². The highest BCUT2D eigenvalue weighted by Crippen LogP contribution is 2.45. The van der Waals surface area contributed by atoms with Gasteiger partial charge in [0.1, 0.15) is 0 Å². The van der Waals surface area contributed by atoms with Crippen LogP contribution in [0, 0.1) is 0 Å². The Morgan fingerprint density at radius 2 is 1.57 bits per heavy atom. The van der Waals surface area contributed by atoms with Crippen LogP contribution in [-0.2, 0) is 4.74 Å². The number of hydrogen-bond donors (Lipinski definition) is 3. The lowest BCUT2D eigenvalue weighted by atomic mass is 9.97. The molecule has 1 fully saturated rings. The Labute approximate surface area is 75.7 Å². The van der Waals surface area contributed by atoms with Crippen LogP contribution in [0.5, 0.6) is 0 Å². The van der Waals surface area contributed by atoms with Crippen molar-refractivity contribution < 1.29 is 37.6 Å². The first-order chi connectivity index (χ1) is 6.25. The van der Waals surface area contributed by atoms with Crippen LogP contribution in [0.1, 0.15) is 0 Å². The van der Waals surface area contributed by atoms with E-state index in [1.54, 1.807) is 0 Å². The number of hydrogen-bond acceptors (Lipinski definition) is 4. The minimum Gasteiger partial charge on any atom is -0.393 e. The van der Waals surface area contributed by atoms with Crippen LogP contribution >= 0.6 is 0 Å². The number of aliphatic hydroxyl groups excluding tert-OH is 3. The monoisotopic (exact) mass is 220 g/mol. The van der Waals surface area contributed by atoms with Crippen molar-refractivity contribution in [3.63, 3.8) is 0 Å². The zero-order chi connectivity index (χ0) is 11.1. The summed E-state index contributed by atoms with van der Waals surface area (Å²) < 4.78 is 54.9. The van der Waals surface area contributed by atoms with Crippen molar-refractivity contribution in [1.29, 1.82) is 0 Å². The van der Waals surface area contributed by atoms with Crippen LogP contribution in [-0.4, -0.2) is 52.3 Å². The van der Waals surface area contributed by atoms with Crippen molar-refractivity contribution in [1.82, 2.24) is 0 Å². The molecule has 8 heteroatoms. The molecular formula is C6H8F4O4. The van der Waals surface area contributed by atoms with Gasteiger partial charge >= 0.3 is 11.8 Å². The fourth-order valence-electron chi connectivity index (χ4n) is 1.08. The first-order valence-electron chi connectivity index (χ1n) is 3.63. The molecule has 4 nitrogen and oxygen atoms in total. The van der Waals surface area contributed by atoms with Crippen molar-refractivity contribution in [3.05, 3.63) is 0 Å². The molecular weight excluding hydrogens is 212 g/mol. The molecule has 1 heterocycles. The summed E-state index contributed by atoms with van der Waals surface area (Å²) in [6.07, 6.45) is -7.99. The Balaban J connectivity index is 3.01. The number of rotatable bonds is 1. The van der Waals surface area contributed by atoms with Gasteiger partial charge in [-0.05, 0) is 0 Å². The fourth-order valence-corrected chi connectivity index (χ4v) is 1.08. The normalized spacial score (nSPS) is 40.9. The van der Waals surface area contributed by atoms with E-state index in [4.69, 9.17) is 15.3 Å². The third kappa shape index (κ3) is 1.38. The second-order valence-corrected chi connectivity index (χ2v) is 2.89. The van der Waals surface area contributed by atoms with Crippen LogP contribution in [0.2, 0.25) is 0 Å².